The van der Waals surface area contributed by atoms with Gasteiger partial charge in [0.25, 0.3) is 0 Å². The summed E-state index contributed by atoms with van der Waals surface area (Å²) < 4.78 is 26.4. The fraction of sp³-hybridized carbons (Fsp3) is 0.500. The average Bonchev–Trinajstić information content (AvgIpc) is 3.06. The molecular formula is C12H14ClF2N. The predicted octanol–water partition coefficient (Wildman–Crippen LogP) is 3.17. The van der Waals surface area contributed by atoms with Gasteiger partial charge in [-0.3, -0.25) is 4.90 Å². The minimum atomic E-state index is -0.391. The Morgan fingerprint density at radius 3 is 2.69 bits per heavy atom. The van der Waals surface area contributed by atoms with Gasteiger partial charge < -0.3 is 0 Å². The molecule has 0 unspecified atom stereocenters. The standard InChI is InChI=1S/C12H14ClF2N/c13-5-6-16(11-2-3-11)8-9-7-10(14)1-4-12(9)15/h1,4,7,11H,2-3,5-6,8H2. The Hall–Kier alpha value is -0.670. The van der Waals surface area contributed by atoms with Crippen molar-refractivity contribution in [2.24, 2.45) is 0 Å². The lowest BCUT2D eigenvalue weighted by atomic mass is 10.2. The third-order valence-electron chi connectivity index (χ3n) is 2.82. The summed E-state index contributed by atoms with van der Waals surface area (Å²) in [5, 5.41) is 0. The van der Waals surface area contributed by atoms with Crippen molar-refractivity contribution in [1.82, 2.24) is 4.90 Å². The van der Waals surface area contributed by atoms with E-state index in [2.05, 4.69) is 4.90 Å². The average molecular weight is 246 g/mol. The fourth-order valence-corrected chi connectivity index (χ4v) is 2.04. The Labute approximate surface area is 99.0 Å². The summed E-state index contributed by atoms with van der Waals surface area (Å²) in [5.41, 5.74) is 0.414. The minimum absolute atomic E-state index is 0.346. The lowest BCUT2D eigenvalue weighted by Gasteiger charge is -2.21. The Morgan fingerprint density at radius 1 is 1.31 bits per heavy atom. The highest BCUT2D eigenvalue weighted by atomic mass is 35.5. The van der Waals surface area contributed by atoms with Crippen LogP contribution < -0.4 is 0 Å². The second-order valence-electron chi connectivity index (χ2n) is 4.13. The van der Waals surface area contributed by atoms with Crippen molar-refractivity contribution in [3.63, 3.8) is 0 Å². The summed E-state index contributed by atoms with van der Waals surface area (Å²) in [4.78, 5) is 2.12. The van der Waals surface area contributed by atoms with Crippen LogP contribution in [0.25, 0.3) is 0 Å². The summed E-state index contributed by atoms with van der Waals surface area (Å²) in [6.45, 7) is 1.17. The number of benzene rings is 1. The monoisotopic (exact) mass is 245 g/mol. The van der Waals surface area contributed by atoms with Crippen LogP contribution in [0.2, 0.25) is 0 Å². The number of halogens is 3. The van der Waals surface area contributed by atoms with Crippen molar-refractivity contribution in [3.05, 3.63) is 35.4 Å². The molecule has 0 bridgehead atoms. The van der Waals surface area contributed by atoms with Gasteiger partial charge in [-0.2, -0.15) is 0 Å². The molecule has 16 heavy (non-hydrogen) atoms. The quantitative estimate of drug-likeness (QED) is 0.721. The molecule has 2 rings (SSSR count). The Morgan fingerprint density at radius 2 is 2.06 bits per heavy atom. The lowest BCUT2D eigenvalue weighted by Crippen LogP contribution is -2.28. The first-order chi connectivity index (χ1) is 7.70. The molecule has 0 amide bonds. The Balaban J connectivity index is 2.08. The van der Waals surface area contributed by atoms with Gasteiger partial charge in [0.05, 0.1) is 0 Å². The van der Waals surface area contributed by atoms with Gasteiger partial charge in [0.2, 0.25) is 0 Å². The molecule has 0 N–H and O–H groups in total. The van der Waals surface area contributed by atoms with Crippen LogP contribution in [0, 0.1) is 11.6 Å². The minimum Gasteiger partial charge on any atom is -0.295 e. The van der Waals surface area contributed by atoms with Crippen LogP contribution >= 0.6 is 11.6 Å². The third kappa shape index (κ3) is 2.92. The van der Waals surface area contributed by atoms with E-state index in [1.807, 2.05) is 0 Å². The van der Waals surface area contributed by atoms with Gasteiger partial charge in [-0.1, -0.05) is 0 Å². The lowest BCUT2D eigenvalue weighted by molar-refractivity contribution is 0.266. The molecular weight excluding hydrogens is 232 g/mol. The van der Waals surface area contributed by atoms with E-state index in [-0.39, 0.29) is 5.82 Å². The zero-order chi connectivity index (χ0) is 11.5. The maximum atomic E-state index is 13.4. The Kier molecular flexibility index (Phi) is 3.77. The number of rotatable bonds is 5. The van der Waals surface area contributed by atoms with Crippen molar-refractivity contribution in [3.8, 4) is 0 Å². The molecule has 0 spiro atoms. The van der Waals surface area contributed by atoms with Gasteiger partial charge in [0, 0.05) is 30.6 Å². The molecule has 0 radical (unpaired) electrons. The predicted molar refractivity (Wildman–Crippen MR) is 60.5 cm³/mol. The fourth-order valence-electron chi connectivity index (χ4n) is 1.82. The Bertz CT molecular complexity index is 366. The molecule has 1 nitrogen and oxygen atoms in total. The van der Waals surface area contributed by atoms with Gasteiger partial charge >= 0.3 is 0 Å². The first-order valence-electron chi connectivity index (χ1n) is 5.44. The largest absolute Gasteiger partial charge is 0.295 e. The number of alkyl halides is 1. The zero-order valence-electron chi connectivity index (χ0n) is 8.93. The van der Waals surface area contributed by atoms with E-state index in [0.29, 0.717) is 24.0 Å². The van der Waals surface area contributed by atoms with Crippen molar-refractivity contribution in [2.75, 3.05) is 12.4 Å². The number of nitrogens with zero attached hydrogens (tertiary/aromatic N) is 1. The summed E-state index contributed by atoms with van der Waals surface area (Å²) in [6, 6.07) is 4.08. The van der Waals surface area contributed by atoms with E-state index in [4.69, 9.17) is 11.6 Å². The summed E-state index contributed by atoms with van der Waals surface area (Å²) in [7, 11) is 0. The molecule has 0 aliphatic heterocycles. The SMILES string of the molecule is Fc1ccc(F)c(CN(CCCl)C2CC2)c1. The highest BCUT2D eigenvalue weighted by Crippen LogP contribution is 2.28. The van der Waals surface area contributed by atoms with Gasteiger partial charge in [-0.25, -0.2) is 8.78 Å². The zero-order valence-corrected chi connectivity index (χ0v) is 9.68. The van der Waals surface area contributed by atoms with Crippen LogP contribution in [0.5, 0.6) is 0 Å². The van der Waals surface area contributed by atoms with Crippen LogP contribution in [0.1, 0.15) is 18.4 Å². The molecule has 0 atom stereocenters. The highest BCUT2D eigenvalue weighted by Gasteiger charge is 2.28. The molecule has 4 heteroatoms. The van der Waals surface area contributed by atoms with E-state index < -0.39 is 5.82 Å². The van der Waals surface area contributed by atoms with Crippen LogP contribution in [0.4, 0.5) is 8.78 Å². The first kappa shape index (κ1) is 11.8. The van der Waals surface area contributed by atoms with E-state index >= 15 is 0 Å². The maximum Gasteiger partial charge on any atom is 0.127 e. The summed E-state index contributed by atoms with van der Waals surface area (Å²) in [5.74, 6) is -0.215. The molecule has 1 aromatic carbocycles. The molecule has 1 fully saturated rings. The van der Waals surface area contributed by atoms with Gasteiger partial charge in [0.1, 0.15) is 11.6 Å². The number of hydrogen-bond donors (Lipinski definition) is 0. The second-order valence-corrected chi connectivity index (χ2v) is 4.50. The smallest absolute Gasteiger partial charge is 0.127 e. The summed E-state index contributed by atoms with van der Waals surface area (Å²) in [6.07, 6.45) is 2.27. The van der Waals surface area contributed by atoms with Gasteiger partial charge in [-0.05, 0) is 31.0 Å². The molecule has 1 aliphatic rings. The van der Waals surface area contributed by atoms with Crippen molar-refractivity contribution in [2.45, 2.75) is 25.4 Å². The maximum absolute atomic E-state index is 13.4. The van der Waals surface area contributed by atoms with Crippen LogP contribution in [-0.4, -0.2) is 23.4 Å². The number of hydrogen-bond acceptors (Lipinski definition) is 1. The van der Waals surface area contributed by atoms with E-state index in [1.54, 1.807) is 0 Å². The van der Waals surface area contributed by atoms with E-state index in [0.717, 1.165) is 25.5 Å². The highest BCUT2D eigenvalue weighted by molar-refractivity contribution is 6.18. The molecule has 1 aliphatic carbocycles. The van der Waals surface area contributed by atoms with Crippen LogP contribution in [0.3, 0.4) is 0 Å². The molecule has 88 valence electrons. The second kappa shape index (κ2) is 5.11. The van der Waals surface area contributed by atoms with Crippen molar-refractivity contribution < 1.29 is 8.78 Å². The molecule has 0 heterocycles. The molecule has 0 saturated heterocycles. The van der Waals surface area contributed by atoms with E-state index in [9.17, 15) is 8.78 Å². The van der Waals surface area contributed by atoms with Crippen LogP contribution in [-0.2, 0) is 6.54 Å². The first-order valence-corrected chi connectivity index (χ1v) is 5.98. The normalized spacial score (nSPS) is 15.8. The molecule has 0 aromatic heterocycles. The van der Waals surface area contributed by atoms with Gasteiger partial charge in [-0.15, -0.1) is 11.6 Å². The van der Waals surface area contributed by atoms with Gasteiger partial charge in [0.15, 0.2) is 0 Å². The van der Waals surface area contributed by atoms with E-state index in [1.165, 1.54) is 12.1 Å². The molecule has 1 saturated carbocycles. The topological polar surface area (TPSA) is 3.24 Å². The summed E-state index contributed by atoms with van der Waals surface area (Å²) >= 11 is 5.70. The van der Waals surface area contributed by atoms with Crippen molar-refractivity contribution >= 4 is 11.6 Å². The third-order valence-corrected chi connectivity index (χ3v) is 2.99. The molecule has 1 aromatic rings. The van der Waals surface area contributed by atoms with Crippen molar-refractivity contribution in [1.29, 1.82) is 0 Å². The van der Waals surface area contributed by atoms with Crippen LogP contribution in [0.15, 0.2) is 18.2 Å².